The molecule has 0 fully saturated rings. The van der Waals surface area contributed by atoms with Gasteiger partial charge in [-0.25, -0.2) is 13.1 Å². The van der Waals surface area contributed by atoms with Crippen LogP contribution in [0, 0.1) is 10.1 Å². The largest absolute Gasteiger partial charge is 0.361 e. The van der Waals surface area contributed by atoms with E-state index in [0.717, 1.165) is 22.5 Å². The Morgan fingerprint density at radius 3 is 2.73 bits per heavy atom. The van der Waals surface area contributed by atoms with Gasteiger partial charge in [0.05, 0.1) is 9.82 Å². The van der Waals surface area contributed by atoms with Crippen molar-refractivity contribution in [2.75, 3.05) is 0 Å². The first-order valence-corrected chi connectivity index (χ1v) is 9.65. The molecule has 1 aromatic heterocycles. The van der Waals surface area contributed by atoms with Gasteiger partial charge in [-0.05, 0) is 37.1 Å². The molecular weight excluding hydrogens is 378 g/mol. The lowest BCUT2D eigenvalue weighted by atomic mass is 10.1. The van der Waals surface area contributed by atoms with Crippen molar-refractivity contribution in [1.29, 1.82) is 0 Å². The minimum Gasteiger partial charge on any atom is -0.361 e. The van der Waals surface area contributed by atoms with Gasteiger partial charge in [0.15, 0.2) is 0 Å². The maximum atomic E-state index is 12.5. The molecule has 0 spiro atoms. The third-order valence-corrected chi connectivity index (χ3v) is 5.89. The number of nitro groups is 1. The van der Waals surface area contributed by atoms with Crippen molar-refractivity contribution in [2.45, 2.75) is 24.3 Å². The molecule has 2 aromatic carbocycles. The van der Waals surface area contributed by atoms with E-state index in [4.69, 9.17) is 11.6 Å². The SMILES string of the molecule is CC(Cc1c[nH]c2ccccc12)NS(=O)(=O)c1ccc(Cl)c([N+](=O)[O-])c1. The first-order chi connectivity index (χ1) is 12.3. The van der Waals surface area contributed by atoms with Crippen LogP contribution in [-0.4, -0.2) is 24.4 Å². The fourth-order valence-corrected chi connectivity index (χ4v) is 4.25. The average Bonchev–Trinajstić information content (AvgIpc) is 2.97. The van der Waals surface area contributed by atoms with Crippen molar-refractivity contribution in [1.82, 2.24) is 9.71 Å². The molecule has 26 heavy (non-hydrogen) atoms. The Bertz CT molecular complexity index is 1080. The molecule has 0 bridgehead atoms. The molecule has 1 heterocycles. The molecule has 1 atom stereocenters. The number of aromatic nitrogens is 1. The summed E-state index contributed by atoms with van der Waals surface area (Å²) in [6.45, 7) is 1.74. The summed E-state index contributed by atoms with van der Waals surface area (Å²) in [5.41, 5.74) is 1.52. The number of aromatic amines is 1. The monoisotopic (exact) mass is 393 g/mol. The van der Waals surface area contributed by atoms with Gasteiger partial charge in [-0.1, -0.05) is 29.8 Å². The van der Waals surface area contributed by atoms with Gasteiger partial charge in [-0.3, -0.25) is 10.1 Å². The van der Waals surface area contributed by atoms with E-state index in [-0.39, 0.29) is 9.92 Å². The number of hydrogen-bond donors (Lipinski definition) is 2. The Labute approximate surface area is 155 Å². The normalized spacial score (nSPS) is 13.0. The third kappa shape index (κ3) is 3.72. The van der Waals surface area contributed by atoms with E-state index in [9.17, 15) is 18.5 Å². The smallest absolute Gasteiger partial charge is 0.289 e. The molecule has 0 saturated heterocycles. The van der Waals surface area contributed by atoms with Crippen molar-refractivity contribution in [3.63, 3.8) is 0 Å². The molecule has 0 aliphatic carbocycles. The predicted octanol–water partition coefficient (Wildman–Crippen LogP) is 3.64. The molecule has 9 heteroatoms. The predicted molar refractivity (Wildman–Crippen MR) is 99.9 cm³/mol. The van der Waals surface area contributed by atoms with Crippen LogP contribution in [0.1, 0.15) is 12.5 Å². The second-order valence-electron chi connectivity index (χ2n) is 5.96. The van der Waals surface area contributed by atoms with Gasteiger partial charge in [-0.2, -0.15) is 0 Å². The summed E-state index contributed by atoms with van der Waals surface area (Å²) in [7, 11) is -3.91. The lowest BCUT2D eigenvalue weighted by molar-refractivity contribution is -0.384. The average molecular weight is 394 g/mol. The van der Waals surface area contributed by atoms with E-state index in [1.807, 2.05) is 30.5 Å². The molecule has 1 unspecified atom stereocenters. The summed E-state index contributed by atoms with van der Waals surface area (Å²) < 4.78 is 27.6. The van der Waals surface area contributed by atoms with Crippen molar-refractivity contribution in [2.24, 2.45) is 0 Å². The van der Waals surface area contributed by atoms with Crippen LogP contribution in [0.3, 0.4) is 0 Å². The molecule has 3 rings (SSSR count). The van der Waals surface area contributed by atoms with E-state index >= 15 is 0 Å². The van der Waals surface area contributed by atoms with Crippen LogP contribution >= 0.6 is 11.6 Å². The van der Waals surface area contributed by atoms with Gasteiger partial charge in [0.2, 0.25) is 10.0 Å². The van der Waals surface area contributed by atoms with E-state index in [1.54, 1.807) is 6.92 Å². The van der Waals surface area contributed by atoms with Crippen LogP contribution in [0.25, 0.3) is 10.9 Å². The molecule has 0 amide bonds. The van der Waals surface area contributed by atoms with Crippen molar-refractivity contribution >= 4 is 38.2 Å². The van der Waals surface area contributed by atoms with Gasteiger partial charge >= 0.3 is 0 Å². The molecule has 2 N–H and O–H groups in total. The second-order valence-corrected chi connectivity index (χ2v) is 8.08. The molecular formula is C17H16ClN3O4S. The zero-order valence-corrected chi connectivity index (χ0v) is 15.3. The van der Waals surface area contributed by atoms with Crippen molar-refractivity contribution in [3.8, 4) is 0 Å². The quantitative estimate of drug-likeness (QED) is 0.492. The number of sulfonamides is 1. The van der Waals surface area contributed by atoms with Crippen molar-refractivity contribution in [3.05, 3.63) is 69.4 Å². The van der Waals surface area contributed by atoms with Gasteiger partial charge < -0.3 is 4.98 Å². The van der Waals surface area contributed by atoms with Crippen LogP contribution in [0.5, 0.6) is 0 Å². The van der Waals surface area contributed by atoms with Gasteiger partial charge in [-0.15, -0.1) is 0 Å². The Balaban J connectivity index is 1.81. The Kier molecular flexibility index (Phi) is 4.99. The van der Waals surface area contributed by atoms with Crippen LogP contribution in [0.15, 0.2) is 53.6 Å². The van der Waals surface area contributed by atoms with E-state index in [0.29, 0.717) is 6.42 Å². The Hall–Kier alpha value is -2.42. The second kappa shape index (κ2) is 7.06. The van der Waals surface area contributed by atoms with Crippen LogP contribution in [-0.2, 0) is 16.4 Å². The Morgan fingerprint density at radius 2 is 2.00 bits per heavy atom. The number of hydrogen-bond acceptors (Lipinski definition) is 4. The fraction of sp³-hybridized carbons (Fsp3) is 0.176. The first-order valence-electron chi connectivity index (χ1n) is 7.79. The first kappa shape index (κ1) is 18.4. The Morgan fingerprint density at radius 1 is 1.27 bits per heavy atom. The lowest BCUT2D eigenvalue weighted by Crippen LogP contribution is -2.34. The maximum Gasteiger partial charge on any atom is 0.289 e. The number of rotatable bonds is 6. The molecule has 0 aliphatic heterocycles. The summed E-state index contributed by atoms with van der Waals surface area (Å²) in [6.07, 6.45) is 2.32. The standard InChI is InChI=1S/C17H16ClN3O4S/c1-11(8-12-10-19-16-5-3-2-4-14(12)16)20-26(24,25)13-6-7-15(18)17(9-13)21(22)23/h2-7,9-11,19-20H,8H2,1H3. The number of fused-ring (bicyclic) bond motifs is 1. The highest BCUT2D eigenvalue weighted by Crippen LogP contribution is 2.27. The van der Waals surface area contributed by atoms with E-state index in [1.165, 1.54) is 12.1 Å². The minimum atomic E-state index is -3.91. The third-order valence-electron chi connectivity index (χ3n) is 3.98. The summed E-state index contributed by atoms with van der Waals surface area (Å²) in [6, 6.07) is 10.8. The topological polar surface area (TPSA) is 105 Å². The van der Waals surface area contributed by atoms with Gasteiger partial charge in [0, 0.05) is 29.2 Å². The molecule has 0 radical (unpaired) electrons. The number of para-hydroxylation sites is 1. The lowest BCUT2D eigenvalue weighted by Gasteiger charge is -2.14. The summed E-state index contributed by atoms with van der Waals surface area (Å²) in [4.78, 5) is 13.2. The van der Waals surface area contributed by atoms with Gasteiger partial charge in [0.25, 0.3) is 5.69 Å². The zero-order chi connectivity index (χ0) is 18.9. The van der Waals surface area contributed by atoms with E-state index < -0.39 is 26.7 Å². The number of nitrogens with one attached hydrogen (secondary N) is 2. The fourth-order valence-electron chi connectivity index (χ4n) is 2.80. The number of nitro benzene ring substituents is 1. The molecule has 0 saturated carbocycles. The summed E-state index contributed by atoms with van der Waals surface area (Å²) in [5.74, 6) is 0. The molecule has 136 valence electrons. The minimum absolute atomic E-state index is 0.110. The number of benzene rings is 2. The zero-order valence-electron chi connectivity index (χ0n) is 13.8. The molecule has 3 aromatic rings. The molecule has 0 aliphatic rings. The van der Waals surface area contributed by atoms with Crippen molar-refractivity contribution < 1.29 is 13.3 Å². The number of halogens is 1. The summed E-state index contributed by atoms with van der Waals surface area (Å²) in [5, 5.41) is 11.9. The highest BCUT2D eigenvalue weighted by atomic mass is 35.5. The molecule has 7 nitrogen and oxygen atoms in total. The maximum absolute atomic E-state index is 12.5. The van der Waals surface area contributed by atoms with Crippen LogP contribution in [0.2, 0.25) is 5.02 Å². The number of nitrogens with zero attached hydrogens (tertiary/aromatic N) is 1. The highest BCUT2D eigenvalue weighted by molar-refractivity contribution is 7.89. The summed E-state index contributed by atoms with van der Waals surface area (Å²) >= 11 is 5.74. The van der Waals surface area contributed by atoms with Crippen LogP contribution < -0.4 is 4.72 Å². The number of H-pyrrole nitrogens is 1. The highest BCUT2D eigenvalue weighted by Gasteiger charge is 2.22. The van der Waals surface area contributed by atoms with E-state index in [2.05, 4.69) is 9.71 Å². The van der Waals surface area contributed by atoms with Crippen LogP contribution in [0.4, 0.5) is 5.69 Å². The van der Waals surface area contributed by atoms with Gasteiger partial charge in [0.1, 0.15) is 5.02 Å².